The molecule has 114 valence electrons. The Hall–Kier alpha value is -1.41. The van der Waals surface area contributed by atoms with Crippen molar-refractivity contribution in [3.05, 3.63) is 29.6 Å². The molecular formula is C13H16N2O4S2. The van der Waals surface area contributed by atoms with Crippen LogP contribution in [0, 0.1) is 5.21 Å². The molecule has 21 heavy (non-hydrogen) atoms. The highest BCUT2D eigenvalue weighted by Crippen LogP contribution is 2.21. The predicted octanol–water partition coefficient (Wildman–Crippen LogP) is 0.529. The minimum atomic E-state index is -0.320. The summed E-state index contributed by atoms with van der Waals surface area (Å²) in [4.78, 5) is 25.4. The average Bonchev–Trinajstić information content (AvgIpc) is 2.53. The number of amides is 1. The maximum atomic E-state index is 12.2. The molecule has 2 rings (SSSR count). The smallest absolute Gasteiger partial charge is 0.320 e. The van der Waals surface area contributed by atoms with Crippen molar-refractivity contribution in [3.8, 4) is 0 Å². The van der Waals surface area contributed by atoms with Gasteiger partial charge in [0, 0.05) is 31.0 Å². The first-order valence-electron chi connectivity index (χ1n) is 6.40. The molecule has 0 N–H and O–H groups in total. The maximum Gasteiger partial charge on any atom is 0.320 e. The molecule has 0 unspecified atom stereocenters. The third-order valence-electron chi connectivity index (χ3n) is 3.02. The number of methoxy groups -OCH3 is 1. The molecule has 0 bridgehead atoms. The Bertz CT molecular complexity index is 527. The number of hydrogen-bond acceptors (Lipinski definition) is 6. The van der Waals surface area contributed by atoms with Crippen LogP contribution in [0.2, 0.25) is 0 Å². The van der Waals surface area contributed by atoms with Crippen molar-refractivity contribution in [2.45, 2.75) is 10.3 Å². The van der Waals surface area contributed by atoms with Gasteiger partial charge in [-0.2, -0.15) is 4.73 Å². The Labute approximate surface area is 131 Å². The van der Waals surface area contributed by atoms with Crippen LogP contribution in [0.3, 0.4) is 0 Å². The van der Waals surface area contributed by atoms with Gasteiger partial charge in [0.05, 0.1) is 12.9 Å². The second-order valence-corrected chi connectivity index (χ2v) is 6.68. The molecule has 1 atom stereocenters. The van der Waals surface area contributed by atoms with E-state index in [0.29, 0.717) is 23.9 Å². The molecule has 1 aliphatic rings. The summed E-state index contributed by atoms with van der Waals surface area (Å²) in [5.41, 5.74) is 0. The lowest BCUT2D eigenvalue weighted by atomic mass is 10.3. The van der Waals surface area contributed by atoms with Gasteiger partial charge in [-0.05, 0) is 17.8 Å². The van der Waals surface area contributed by atoms with Crippen LogP contribution >= 0.6 is 23.5 Å². The number of carbonyl (C=O) groups excluding carboxylic acids is 2. The van der Waals surface area contributed by atoms with E-state index in [1.165, 1.54) is 36.8 Å². The van der Waals surface area contributed by atoms with Crippen molar-refractivity contribution in [2.24, 2.45) is 0 Å². The first-order valence-corrected chi connectivity index (χ1v) is 8.43. The monoisotopic (exact) mass is 328 g/mol. The molecular weight excluding hydrogens is 312 g/mol. The Kier molecular flexibility index (Phi) is 5.75. The average molecular weight is 328 g/mol. The van der Waals surface area contributed by atoms with Crippen LogP contribution < -0.4 is 4.73 Å². The van der Waals surface area contributed by atoms with Crippen molar-refractivity contribution in [1.29, 1.82) is 0 Å². The van der Waals surface area contributed by atoms with Crippen LogP contribution in [-0.2, 0) is 14.3 Å². The Morgan fingerprint density at radius 1 is 1.57 bits per heavy atom. The van der Waals surface area contributed by atoms with Gasteiger partial charge in [-0.15, -0.1) is 11.8 Å². The van der Waals surface area contributed by atoms with Crippen molar-refractivity contribution in [2.75, 3.05) is 31.7 Å². The second-order valence-electron chi connectivity index (χ2n) is 4.38. The molecule has 1 aromatic heterocycles. The van der Waals surface area contributed by atoms with Crippen LogP contribution in [0.25, 0.3) is 0 Å². The number of aromatic nitrogens is 1. The minimum absolute atomic E-state index is 0.0712. The van der Waals surface area contributed by atoms with Crippen molar-refractivity contribution >= 4 is 35.4 Å². The largest absolute Gasteiger partial charge is 0.618 e. The zero-order valence-electron chi connectivity index (χ0n) is 11.6. The number of ether oxygens (including phenoxy) is 1. The van der Waals surface area contributed by atoms with Crippen LogP contribution in [0.15, 0.2) is 29.4 Å². The number of thioether (sulfide) groups is 2. The maximum absolute atomic E-state index is 12.2. The predicted molar refractivity (Wildman–Crippen MR) is 81.0 cm³/mol. The molecule has 0 aliphatic carbocycles. The molecule has 0 spiro atoms. The summed E-state index contributed by atoms with van der Waals surface area (Å²) in [5.74, 6) is 0.525. The second kappa shape index (κ2) is 7.56. The van der Waals surface area contributed by atoms with E-state index in [1.807, 2.05) is 0 Å². The van der Waals surface area contributed by atoms with E-state index < -0.39 is 0 Å². The highest BCUT2D eigenvalue weighted by atomic mass is 32.2. The zero-order chi connectivity index (χ0) is 15.2. The van der Waals surface area contributed by atoms with Gasteiger partial charge >= 0.3 is 5.97 Å². The summed E-state index contributed by atoms with van der Waals surface area (Å²) >= 11 is 2.71. The van der Waals surface area contributed by atoms with Gasteiger partial charge in [-0.1, -0.05) is 0 Å². The van der Waals surface area contributed by atoms with Crippen LogP contribution in [0.4, 0.5) is 0 Å². The van der Waals surface area contributed by atoms with Gasteiger partial charge in [-0.25, -0.2) is 0 Å². The zero-order valence-corrected chi connectivity index (χ0v) is 13.2. The molecule has 6 nitrogen and oxygen atoms in total. The van der Waals surface area contributed by atoms with Gasteiger partial charge < -0.3 is 14.8 Å². The summed E-state index contributed by atoms with van der Waals surface area (Å²) in [7, 11) is 1.35. The summed E-state index contributed by atoms with van der Waals surface area (Å²) in [6.07, 6.45) is 1.40. The molecule has 1 fully saturated rings. The van der Waals surface area contributed by atoms with Crippen molar-refractivity contribution in [1.82, 2.24) is 4.90 Å². The van der Waals surface area contributed by atoms with Crippen LogP contribution in [0.1, 0.15) is 0 Å². The molecule has 1 aromatic rings. The number of hydrogen-bond donors (Lipinski definition) is 0. The Balaban J connectivity index is 1.88. The van der Waals surface area contributed by atoms with Gasteiger partial charge in [0.1, 0.15) is 5.25 Å². The number of nitrogens with zero attached hydrogens (tertiary/aromatic N) is 2. The fraction of sp³-hybridized carbons (Fsp3) is 0.462. The Morgan fingerprint density at radius 2 is 2.38 bits per heavy atom. The molecule has 0 aromatic carbocycles. The molecule has 8 heteroatoms. The lowest BCUT2D eigenvalue weighted by molar-refractivity contribution is -0.645. The van der Waals surface area contributed by atoms with E-state index in [0.717, 1.165) is 4.73 Å². The van der Waals surface area contributed by atoms with Gasteiger partial charge in [-0.3, -0.25) is 9.59 Å². The van der Waals surface area contributed by atoms with E-state index in [9.17, 15) is 14.8 Å². The van der Waals surface area contributed by atoms with Gasteiger partial charge in [0.2, 0.25) is 5.91 Å². The van der Waals surface area contributed by atoms with E-state index in [4.69, 9.17) is 4.74 Å². The number of carbonyl (C=O) groups is 2. The first-order chi connectivity index (χ1) is 10.1. The Morgan fingerprint density at radius 3 is 3.10 bits per heavy atom. The quantitative estimate of drug-likeness (QED) is 0.347. The first kappa shape index (κ1) is 16.0. The van der Waals surface area contributed by atoms with E-state index in [2.05, 4.69) is 0 Å². The number of rotatable bonds is 4. The SMILES string of the molecule is COC(=O)[C@H]1CN(C(=O)CSc2cccc[n+]2[O-])CCS1. The fourth-order valence-corrected chi connectivity index (χ4v) is 3.85. The molecule has 2 heterocycles. The molecule has 1 saturated heterocycles. The van der Waals surface area contributed by atoms with Gasteiger partial charge in [0.25, 0.3) is 5.03 Å². The van der Waals surface area contributed by atoms with E-state index >= 15 is 0 Å². The molecule has 0 radical (unpaired) electrons. The van der Waals surface area contributed by atoms with Gasteiger partial charge in [0.15, 0.2) is 6.20 Å². The fourth-order valence-electron chi connectivity index (χ4n) is 1.90. The van der Waals surface area contributed by atoms with Crippen LogP contribution in [0.5, 0.6) is 0 Å². The van der Waals surface area contributed by atoms with Crippen LogP contribution in [-0.4, -0.2) is 53.7 Å². The lowest BCUT2D eigenvalue weighted by Gasteiger charge is -2.30. The molecule has 1 amide bonds. The lowest BCUT2D eigenvalue weighted by Crippen LogP contribution is -2.45. The minimum Gasteiger partial charge on any atom is -0.618 e. The highest BCUT2D eigenvalue weighted by molar-refractivity contribution is 8.00. The van der Waals surface area contributed by atoms with E-state index in [-0.39, 0.29) is 22.9 Å². The summed E-state index contributed by atoms with van der Waals surface area (Å²) in [6, 6.07) is 5.07. The summed E-state index contributed by atoms with van der Waals surface area (Å²) in [6.45, 7) is 0.979. The molecule has 0 saturated carbocycles. The standard InChI is InChI=1S/C13H16N2O4S2/c1-19-13(17)10-8-14(6-7-20-10)11(16)9-21-12-4-2-3-5-15(12)18/h2-5,10H,6-9H2,1H3/t10-/m1/s1. The van der Waals surface area contributed by atoms with Crippen molar-refractivity contribution < 1.29 is 19.1 Å². The molecule has 1 aliphatic heterocycles. The number of pyridine rings is 1. The van der Waals surface area contributed by atoms with Crippen molar-refractivity contribution in [3.63, 3.8) is 0 Å². The topological polar surface area (TPSA) is 73.5 Å². The normalized spacial score (nSPS) is 18.3. The van der Waals surface area contributed by atoms with E-state index in [1.54, 1.807) is 23.1 Å². The third-order valence-corrected chi connectivity index (χ3v) is 5.18. The highest BCUT2D eigenvalue weighted by Gasteiger charge is 2.29. The summed E-state index contributed by atoms with van der Waals surface area (Å²) < 4.78 is 5.45. The summed E-state index contributed by atoms with van der Waals surface area (Å²) in [5, 5.41) is 11.7. The third kappa shape index (κ3) is 4.28. The number of esters is 1.